The molecule has 1 aromatic heterocycles. The number of hydrogen-bond donors (Lipinski definition) is 1. The minimum Gasteiger partial charge on any atom is -0.336 e. The Morgan fingerprint density at radius 3 is 2.70 bits per heavy atom. The molecular formula is C16H20N4OS2. The van der Waals surface area contributed by atoms with E-state index in [1.165, 1.54) is 22.5 Å². The van der Waals surface area contributed by atoms with E-state index in [0.29, 0.717) is 18.1 Å². The van der Waals surface area contributed by atoms with Crippen molar-refractivity contribution in [1.29, 1.82) is 0 Å². The van der Waals surface area contributed by atoms with Crippen molar-refractivity contribution in [1.82, 2.24) is 15.1 Å². The van der Waals surface area contributed by atoms with Crippen LogP contribution in [0.4, 0.5) is 0 Å². The molecule has 5 nitrogen and oxygen atoms in total. The Balaban J connectivity index is 1.67. The van der Waals surface area contributed by atoms with E-state index in [0.717, 1.165) is 22.1 Å². The van der Waals surface area contributed by atoms with Crippen LogP contribution in [0.25, 0.3) is 0 Å². The fraction of sp³-hybridized carbons (Fsp3) is 0.438. The average Bonchev–Trinajstić information content (AvgIpc) is 2.99. The summed E-state index contributed by atoms with van der Waals surface area (Å²) in [6.45, 7) is 5.60. The highest BCUT2D eigenvalue weighted by Crippen LogP contribution is 2.31. The smallest absolute Gasteiger partial charge is 0.284 e. The molecular weight excluding hydrogens is 328 g/mol. The lowest BCUT2D eigenvalue weighted by atomic mass is 10.1. The molecule has 1 saturated heterocycles. The molecule has 0 bridgehead atoms. The molecule has 2 heterocycles. The monoisotopic (exact) mass is 348 g/mol. The number of amides is 1. The van der Waals surface area contributed by atoms with E-state index in [9.17, 15) is 4.79 Å². The van der Waals surface area contributed by atoms with Crippen molar-refractivity contribution < 1.29 is 4.79 Å². The number of carbonyl (C=O) groups is 1. The predicted molar refractivity (Wildman–Crippen MR) is 93.1 cm³/mol. The normalized spacial score (nSPS) is 15.9. The van der Waals surface area contributed by atoms with Crippen molar-refractivity contribution in [2.24, 2.45) is 5.73 Å². The summed E-state index contributed by atoms with van der Waals surface area (Å²) in [7, 11) is 0. The Morgan fingerprint density at radius 2 is 2.00 bits per heavy atom. The molecule has 2 N–H and O–H groups in total. The Kier molecular flexibility index (Phi) is 4.99. The van der Waals surface area contributed by atoms with E-state index in [4.69, 9.17) is 5.73 Å². The first-order chi connectivity index (χ1) is 11.0. The van der Waals surface area contributed by atoms with Gasteiger partial charge in [-0.25, -0.2) is 0 Å². The standard InChI is InChI=1S/C16H20N4OS2/c1-10-3-4-13(9-11(10)2)22-16-19-18-14(23-16)15(21)20-7-5-12(17)6-8-20/h3-4,9,12H,5-8,17H2,1-2H3. The third-order valence-electron chi connectivity index (χ3n) is 4.10. The fourth-order valence-corrected chi connectivity index (χ4v) is 4.35. The number of rotatable bonds is 3. The number of aryl methyl sites for hydroxylation is 2. The van der Waals surface area contributed by atoms with Gasteiger partial charge in [0, 0.05) is 24.0 Å². The van der Waals surface area contributed by atoms with Crippen LogP contribution >= 0.6 is 23.1 Å². The number of aromatic nitrogens is 2. The topological polar surface area (TPSA) is 72.1 Å². The molecule has 0 radical (unpaired) electrons. The van der Waals surface area contributed by atoms with Crippen molar-refractivity contribution in [3.63, 3.8) is 0 Å². The molecule has 1 amide bonds. The van der Waals surface area contributed by atoms with E-state index >= 15 is 0 Å². The molecule has 0 unspecified atom stereocenters. The molecule has 2 aromatic rings. The molecule has 0 atom stereocenters. The van der Waals surface area contributed by atoms with Gasteiger partial charge in [-0.2, -0.15) is 0 Å². The molecule has 1 aromatic carbocycles. The summed E-state index contributed by atoms with van der Waals surface area (Å²) in [5, 5.41) is 8.69. The maximum atomic E-state index is 12.5. The number of piperidine rings is 1. The summed E-state index contributed by atoms with van der Waals surface area (Å²) in [5.74, 6) is -0.0265. The molecule has 0 spiro atoms. The van der Waals surface area contributed by atoms with Crippen molar-refractivity contribution in [3.8, 4) is 0 Å². The zero-order valence-electron chi connectivity index (χ0n) is 13.3. The molecule has 1 aliphatic rings. The largest absolute Gasteiger partial charge is 0.336 e. The third kappa shape index (κ3) is 3.91. The highest BCUT2D eigenvalue weighted by molar-refractivity contribution is 8.01. The third-order valence-corrected chi connectivity index (χ3v) is 6.05. The molecule has 122 valence electrons. The van der Waals surface area contributed by atoms with Crippen LogP contribution < -0.4 is 5.73 Å². The lowest BCUT2D eigenvalue weighted by Crippen LogP contribution is -2.42. The van der Waals surface area contributed by atoms with Crippen LogP contribution in [-0.2, 0) is 0 Å². The first kappa shape index (κ1) is 16.4. The number of nitrogens with zero attached hydrogens (tertiary/aromatic N) is 3. The molecule has 0 saturated carbocycles. The van der Waals surface area contributed by atoms with Crippen LogP contribution in [0.1, 0.15) is 33.8 Å². The Bertz CT molecular complexity index is 708. The van der Waals surface area contributed by atoms with Gasteiger partial charge in [0.2, 0.25) is 5.01 Å². The SMILES string of the molecule is Cc1ccc(Sc2nnc(C(=O)N3CCC(N)CC3)s2)cc1C. The van der Waals surface area contributed by atoms with Crippen molar-refractivity contribution in [2.45, 2.75) is 42.0 Å². The molecule has 0 aliphatic carbocycles. The Morgan fingerprint density at radius 1 is 1.26 bits per heavy atom. The van der Waals surface area contributed by atoms with Gasteiger partial charge in [-0.3, -0.25) is 4.79 Å². The van der Waals surface area contributed by atoms with Gasteiger partial charge in [0.05, 0.1) is 0 Å². The zero-order chi connectivity index (χ0) is 16.4. The van der Waals surface area contributed by atoms with Crippen LogP contribution in [0, 0.1) is 13.8 Å². The van der Waals surface area contributed by atoms with Crippen LogP contribution in [-0.4, -0.2) is 40.1 Å². The lowest BCUT2D eigenvalue weighted by molar-refractivity contribution is 0.0713. The first-order valence-electron chi connectivity index (χ1n) is 7.66. The van der Waals surface area contributed by atoms with Crippen molar-refractivity contribution in [2.75, 3.05) is 13.1 Å². The predicted octanol–water partition coefficient (Wildman–Crippen LogP) is 2.87. The highest BCUT2D eigenvalue weighted by Gasteiger charge is 2.24. The molecule has 1 aliphatic heterocycles. The first-order valence-corrected chi connectivity index (χ1v) is 9.29. The average molecular weight is 348 g/mol. The number of likely N-dealkylation sites (tertiary alicyclic amines) is 1. The van der Waals surface area contributed by atoms with Gasteiger partial charge in [-0.1, -0.05) is 29.2 Å². The number of hydrogen-bond acceptors (Lipinski definition) is 6. The van der Waals surface area contributed by atoms with Crippen LogP contribution in [0.5, 0.6) is 0 Å². The van der Waals surface area contributed by atoms with Crippen LogP contribution in [0.15, 0.2) is 27.4 Å². The Labute approximate surface area is 144 Å². The summed E-state index contributed by atoms with van der Waals surface area (Å²) in [4.78, 5) is 15.4. The highest BCUT2D eigenvalue weighted by atomic mass is 32.2. The maximum Gasteiger partial charge on any atom is 0.284 e. The summed E-state index contributed by atoms with van der Waals surface area (Å²) in [6.07, 6.45) is 1.71. The summed E-state index contributed by atoms with van der Waals surface area (Å²) >= 11 is 2.91. The van der Waals surface area contributed by atoms with Crippen molar-refractivity contribution in [3.05, 3.63) is 34.3 Å². The van der Waals surface area contributed by atoms with Gasteiger partial charge in [-0.15, -0.1) is 10.2 Å². The number of benzene rings is 1. The van der Waals surface area contributed by atoms with Gasteiger partial charge < -0.3 is 10.6 Å². The van der Waals surface area contributed by atoms with Gasteiger partial charge in [0.15, 0.2) is 4.34 Å². The lowest BCUT2D eigenvalue weighted by Gasteiger charge is -2.29. The summed E-state index contributed by atoms with van der Waals surface area (Å²) < 4.78 is 0.797. The number of nitrogens with two attached hydrogens (primary N) is 1. The second-order valence-corrected chi connectivity index (χ2v) is 8.15. The van der Waals surface area contributed by atoms with Crippen LogP contribution in [0.3, 0.4) is 0 Å². The van der Waals surface area contributed by atoms with E-state index in [-0.39, 0.29) is 11.9 Å². The van der Waals surface area contributed by atoms with E-state index in [1.54, 1.807) is 11.8 Å². The molecule has 7 heteroatoms. The van der Waals surface area contributed by atoms with Gasteiger partial charge in [0.25, 0.3) is 5.91 Å². The maximum absolute atomic E-state index is 12.5. The second kappa shape index (κ2) is 6.98. The minimum atomic E-state index is -0.0265. The summed E-state index contributed by atoms with van der Waals surface area (Å²) in [5.41, 5.74) is 8.40. The number of carbonyl (C=O) groups excluding carboxylic acids is 1. The zero-order valence-corrected chi connectivity index (χ0v) is 14.9. The molecule has 3 rings (SSSR count). The van der Waals surface area contributed by atoms with Gasteiger partial charge in [-0.05, 0) is 49.9 Å². The quantitative estimate of drug-likeness (QED) is 0.923. The summed E-state index contributed by atoms with van der Waals surface area (Å²) in [6, 6.07) is 6.52. The molecule has 23 heavy (non-hydrogen) atoms. The van der Waals surface area contributed by atoms with E-state index in [2.05, 4.69) is 42.2 Å². The van der Waals surface area contributed by atoms with E-state index in [1.807, 2.05) is 4.90 Å². The van der Waals surface area contributed by atoms with Gasteiger partial charge >= 0.3 is 0 Å². The van der Waals surface area contributed by atoms with Gasteiger partial charge in [0.1, 0.15) is 0 Å². The second-order valence-electron chi connectivity index (χ2n) is 5.85. The van der Waals surface area contributed by atoms with Crippen molar-refractivity contribution >= 4 is 29.0 Å². The minimum absolute atomic E-state index is 0.0265. The van der Waals surface area contributed by atoms with Crippen LogP contribution in [0.2, 0.25) is 0 Å². The fourth-order valence-electron chi connectivity index (χ4n) is 2.45. The van der Waals surface area contributed by atoms with E-state index < -0.39 is 0 Å². The Hall–Kier alpha value is -1.44. The molecule has 1 fully saturated rings.